The van der Waals surface area contributed by atoms with Crippen molar-refractivity contribution >= 4 is 32.7 Å². The zero-order valence-corrected chi connectivity index (χ0v) is 13.8. The molecule has 2 aromatic carbocycles. The average Bonchev–Trinajstić information content (AvgIpc) is 2.87. The van der Waals surface area contributed by atoms with Gasteiger partial charge in [-0.1, -0.05) is 22.0 Å². The molecule has 0 bridgehead atoms. The smallest absolute Gasteiger partial charge is 0.366 e. The molecular weight excluding hydrogens is 411 g/mol. The molecule has 0 aliphatic rings. The molecule has 3 nitrogen and oxygen atoms in total. The largest absolute Gasteiger partial charge is 0.416 e. The van der Waals surface area contributed by atoms with E-state index in [1.54, 1.807) is 6.07 Å². The van der Waals surface area contributed by atoms with Gasteiger partial charge in [-0.2, -0.15) is 13.2 Å². The highest BCUT2D eigenvalue weighted by Crippen LogP contribution is 2.35. The van der Waals surface area contributed by atoms with Crippen molar-refractivity contribution < 1.29 is 26.7 Å². The molecule has 0 radical (unpaired) electrons. The van der Waals surface area contributed by atoms with Crippen LogP contribution in [0.4, 0.5) is 22.0 Å². The number of nitrogens with zero attached hydrogens (tertiary/aromatic N) is 1. The molecular formula is C16H8BrF5N2O. The number of carbonyl (C=O) groups is 1. The lowest BCUT2D eigenvalue weighted by atomic mass is 10.1. The van der Waals surface area contributed by atoms with E-state index in [1.807, 2.05) is 0 Å². The highest BCUT2D eigenvalue weighted by molar-refractivity contribution is 9.10. The van der Waals surface area contributed by atoms with Gasteiger partial charge in [0.15, 0.2) is 11.6 Å². The Hall–Kier alpha value is -2.42. The van der Waals surface area contributed by atoms with Gasteiger partial charge in [-0.15, -0.1) is 0 Å². The molecule has 2 N–H and O–H groups in total. The molecule has 0 fully saturated rings. The Morgan fingerprint density at radius 2 is 1.80 bits per heavy atom. The molecule has 1 aromatic heterocycles. The van der Waals surface area contributed by atoms with Crippen molar-refractivity contribution in [1.29, 1.82) is 0 Å². The summed E-state index contributed by atoms with van der Waals surface area (Å²) in [5.74, 6) is -3.97. The van der Waals surface area contributed by atoms with Gasteiger partial charge >= 0.3 is 6.18 Å². The van der Waals surface area contributed by atoms with Crippen molar-refractivity contribution in [1.82, 2.24) is 4.57 Å². The topological polar surface area (TPSA) is 48.0 Å². The molecule has 3 rings (SSSR count). The summed E-state index contributed by atoms with van der Waals surface area (Å²) in [4.78, 5) is 11.6. The van der Waals surface area contributed by atoms with Gasteiger partial charge in [0.25, 0.3) is 5.91 Å². The minimum absolute atomic E-state index is 0.0280. The van der Waals surface area contributed by atoms with Crippen LogP contribution in [0.15, 0.2) is 41.0 Å². The van der Waals surface area contributed by atoms with E-state index in [9.17, 15) is 26.7 Å². The first-order chi connectivity index (χ1) is 11.6. The van der Waals surface area contributed by atoms with Gasteiger partial charge < -0.3 is 10.3 Å². The lowest BCUT2D eigenvalue weighted by molar-refractivity contribution is -0.137. The van der Waals surface area contributed by atoms with Crippen molar-refractivity contribution in [2.45, 2.75) is 6.18 Å². The number of alkyl halides is 3. The van der Waals surface area contributed by atoms with E-state index >= 15 is 0 Å². The molecule has 0 aliphatic heterocycles. The second-order valence-corrected chi connectivity index (χ2v) is 6.14. The first kappa shape index (κ1) is 17.4. The zero-order valence-electron chi connectivity index (χ0n) is 12.2. The van der Waals surface area contributed by atoms with Crippen LogP contribution in [0.5, 0.6) is 0 Å². The number of benzene rings is 2. The van der Waals surface area contributed by atoms with Gasteiger partial charge in [0, 0.05) is 16.1 Å². The molecule has 1 amide bonds. The molecule has 25 heavy (non-hydrogen) atoms. The maximum atomic E-state index is 14.2. The summed E-state index contributed by atoms with van der Waals surface area (Å²) in [6.07, 6.45) is -3.78. The maximum Gasteiger partial charge on any atom is 0.416 e. The first-order valence-corrected chi connectivity index (χ1v) is 7.56. The van der Waals surface area contributed by atoms with E-state index in [0.717, 1.165) is 10.8 Å². The van der Waals surface area contributed by atoms with Crippen LogP contribution in [0.2, 0.25) is 0 Å². The quantitative estimate of drug-likeness (QED) is 0.597. The van der Waals surface area contributed by atoms with Crippen LogP contribution in [-0.2, 0) is 6.18 Å². The number of rotatable bonds is 2. The standard InChI is InChI=1S/C16H8BrF5N2O/c17-8-1-2-9-10(15(23)25)6-24(12(9)5-8)13-4-7(16(20,21)22)3-11(18)14(13)19/h1-6H,(H2,23,25). The van der Waals surface area contributed by atoms with E-state index < -0.39 is 35.0 Å². The predicted octanol–water partition coefficient (Wildman–Crippen LogP) is 4.79. The van der Waals surface area contributed by atoms with Gasteiger partial charge in [-0.3, -0.25) is 4.79 Å². The summed E-state index contributed by atoms with van der Waals surface area (Å²) in [7, 11) is 0. The Bertz CT molecular complexity index is 1010. The van der Waals surface area contributed by atoms with Gasteiger partial charge in [0.2, 0.25) is 0 Å². The number of carbonyl (C=O) groups excluding carboxylic acids is 1. The van der Waals surface area contributed by atoms with Crippen molar-refractivity contribution in [3.63, 3.8) is 0 Å². The van der Waals surface area contributed by atoms with Crippen LogP contribution >= 0.6 is 15.9 Å². The molecule has 0 spiro atoms. The number of nitrogens with two attached hydrogens (primary N) is 1. The summed E-state index contributed by atoms with van der Waals surface area (Å²) >= 11 is 3.19. The Morgan fingerprint density at radius 3 is 2.40 bits per heavy atom. The molecule has 3 aromatic rings. The van der Waals surface area contributed by atoms with Crippen LogP contribution < -0.4 is 5.73 Å². The second kappa shape index (κ2) is 5.83. The fraction of sp³-hybridized carbons (Fsp3) is 0.0625. The van der Waals surface area contributed by atoms with Gasteiger partial charge in [-0.25, -0.2) is 8.78 Å². The Kier molecular flexibility index (Phi) is 4.06. The number of fused-ring (bicyclic) bond motifs is 1. The maximum absolute atomic E-state index is 14.2. The summed E-state index contributed by atoms with van der Waals surface area (Å²) in [5, 5.41) is 0.299. The molecule has 0 unspecified atom stereocenters. The van der Waals surface area contributed by atoms with Crippen LogP contribution in [-0.4, -0.2) is 10.5 Å². The van der Waals surface area contributed by atoms with E-state index in [2.05, 4.69) is 15.9 Å². The monoisotopic (exact) mass is 418 g/mol. The normalized spacial score (nSPS) is 11.9. The molecule has 1 heterocycles. The van der Waals surface area contributed by atoms with Gasteiger partial charge in [0.1, 0.15) is 0 Å². The van der Waals surface area contributed by atoms with E-state index in [-0.39, 0.29) is 17.1 Å². The molecule has 0 atom stereocenters. The van der Waals surface area contributed by atoms with Crippen molar-refractivity contribution in [3.8, 4) is 5.69 Å². The van der Waals surface area contributed by atoms with Crippen LogP contribution in [0.1, 0.15) is 15.9 Å². The Labute approximate surface area is 146 Å². The van der Waals surface area contributed by atoms with Gasteiger partial charge in [-0.05, 0) is 24.3 Å². The highest BCUT2D eigenvalue weighted by Gasteiger charge is 2.33. The number of hydrogen-bond donors (Lipinski definition) is 1. The van der Waals surface area contributed by atoms with Crippen molar-refractivity contribution in [2.75, 3.05) is 0 Å². The Morgan fingerprint density at radius 1 is 1.12 bits per heavy atom. The van der Waals surface area contributed by atoms with Gasteiger partial charge in [0.05, 0.1) is 22.3 Å². The Balaban J connectivity index is 2.39. The molecule has 130 valence electrons. The number of amides is 1. The SMILES string of the molecule is NC(=O)c1cn(-c2cc(C(F)(F)F)cc(F)c2F)c2cc(Br)ccc12. The minimum Gasteiger partial charge on any atom is -0.366 e. The third-order valence-corrected chi connectivity index (χ3v) is 4.12. The average molecular weight is 419 g/mol. The number of hydrogen-bond acceptors (Lipinski definition) is 1. The fourth-order valence-corrected chi connectivity index (χ4v) is 2.86. The van der Waals surface area contributed by atoms with E-state index in [1.165, 1.54) is 12.1 Å². The summed E-state index contributed by atoms with van der Waals surface area (Å²) in [5.41, 5.74) is 3.41. The van der Waals surface area contributed by atoms with Crippen LogP contribution in [0.25, 0.3) is 16.6 Å². The zero-order chi connectivity index (χ0) is 18.5. The first-order valence-electron chi connectivity index (χ1n) is 6.76. The fourth-order valence-electron chi connectivity index (χ4n) is 2.51. The summed E-state index contributed by atoms with van der Waals surface area (Å²) < 4.78 is 68.2. The lowest BCUT2D eigenvalue weighted by Gasteiger charge is -2.12. The van der Waals surface area contributed by atoms with Crippen LogP contribution in [0.3, 0.4) is 0 Å². The summed E-state index contributed by atoms with van der Waals surface area (Å²) in [6, 6.07) is 5.10. The molecule has 0 saturated carbocycles. The van der Waals surface area contributed by atoms with Crippen LogP contribution in [0, 0.1) is 11.6 Å². The molecule has 0 aliphatic carbocycles. The molecule has 9 heteroatoms. The number of halogens is 6. The highest BCUT2D eigenvalue weighted by atomic mass is 79.9. The lowest BCUT2D eigenvalue weighted by Crippen LogP contribution is -2.11. The predicted molar refractivity (Wildman–Crippen MR) is 84.4 cm³/mol. The third-order valence-electron chi connectivity index (χ3n) is 3.63. The third kappa shape index (κ3) is 2.99. The number of primary amides is 1. The van der Waals surface area contributed by atoms with Crippen molar-refractivity contribution in [2.24, 2.45) is 5.73 Å². The minimum atomic E-state index is -4.86. The van der Waals surface area contributed by atoms with Crippen molar-refractivity contribution in [3.05, 3.63) is 63.8 Å². The van der Waals surface area contributed by atoms with E-state index in [4.69, 9.17) is 5.73 Å². The second-order valence-electron chi connectivity index (χ2n) is 5.23. The molecule has 0 saturated heterocycles. The summed E-state index contributed by atoms with van der Waals surface area (Å²) in [6.45, 7) is 0. The van der Waals surface area contributed by atoms with E-state index in [0.29, 0.717) is 15.9 Å². The number of aromatic nitrogens is 1.